The van der Waals surface area contributed by atoms with Crippen LogP contribution in [0.2, 0.25) is 0 Å². The number of nitrogens with zero attached hydrogens (tertiary/aromatic N) is 1. The van der Waals surface area contributed by atoms with Gasteiger partial charge in [-0.2, -0.15) is 0 Å². The van der Waals surface area contributed by atoms with Crippen molar-refractivity contribution < 1.29 is 28.6 Å². The van der Waals surface area contributed by atoms with Gasteiger partial charge >= 0.3 is 11.9 Å². The zero-order valence-electron chi connectivity index (χ0n) is 16.9. The highest BCUT2D eigenvalue weighted by Crippen LogP contribution is 2.34. The van der Waals surface area contributed by atoms with Crippen LogP contribution in [0.1, 0.15) is 51.9 Å². The molecule has 0 atom stereocenters. The van der Waals surface area contributed by atoms with E-state index in [1.165, 1.54) is 23.6 Å². The van der Waals surface area contributed by atoms with Crippen molar-refractivity contribution in [3.8, 4) is 5.88 Å². The van der Waals surface area contributed by atoms with E-state index < -0.39 is 24.5 Å². The van der Waals surface area contributed by atoms with Gasteiger partial charge in [-0.25, -0.2) is 14.6 Å². The van der Waals surface area contributed by atoms with E-state index in [0.717, 1.165) is 10.4 Å². The zero-order chi connectivity index (χ0) is 21.4. The highest BCUT2D eigenvalue weighted by atomic mass is 32.1. The fourth-order valence-corrected chi connectivity index (χ4v) is 3.83. The summed E-state index contributed by atoms with van der Waals surface area (Å²) in [4.78, 5) is 41.8. The lowest BCUT2D eigenvalue weighted by molar-refractivity contribution is -0.119. The molecule has 1 N–H and O–H groups in total. The fraction of sp³-hybridized carbons (Fsp3) is 0.400. The number of esters is 2. The first-order chi connectivity index (χ1) is 13.9. The second kappa shape index (κ2) is 10.6. The standard InChI is InChI=1S/C20H24N2O6S/c1-5-13-12(4)29-18(16(13)20(25)27-7-3)22-15(23)11-28-19(24)14-9-8-10-21-17(14)26-6-2/h8-10H,5-7,11H2,1-4H3,(H,22,23). The van der Waals surface area contributed by atoms with Crippen molar-refractivity contribution in [3.63, 3.8) is 0 Å². The molecule has 156 valence electrons. The molecule has 0 aliphatic heterocycles. The molecule has 0 bridgehead atoms. The van der Waals surface area contributed by atoms with Gasteiger partial charge in [0.15, 0.2) is 6.61 Å². The van der Waals surface area contributed by atoms with Crippen LogP contribution in [0.3, 0.4) is 0 Å². The monoisotopic (exact) mass is 420 g/mol. The molecule has 1 amide bonds. The first-order valence-electron chi connectivity index (χ1n) is 9.26. The number of thiophene rings is 1. The number of amides is 1. The topological polar surface area (TPSA) is 104 Å². The summed E-state index contributed by atoms with van der Waals surface area (Å²) < 4.78 is 15.5. The van der Waals surface area contributed by atoms with Crippen LogP contribution in [-0.4, -0.2) is 42.7 Å². The molecule has 0 aliphatic carbocycles. The Morgan fingerprint density at radius 3 is 2.52 bits per heavy atom. The number of hydrogen-bond acceptors (Lipinski definition) is 8. The molecule has 0 spiro atoms. The molecule has 2 aromatic rings. The van der Waals surface area contributed by atoms with Gasteiger partial charge in [-0.1, -0.05) is 6.92 Å². The number of aryl methyl sites for hydroxylation is 1. The Kier molecular flexibility index (Phi) is 8.14. The number of anilines is 1. The Morgan fingerprint density at radius 2 is 1.86 bits per heavy atom. The lowest BCUT2D eigenvalue weighted by Gasteiger charge is -2.10. The smallest absolute Gasteiger partial charge is 0.344 e. The van der Waals surface area contributed by atoms with E-state index in [1.54, 1.807) is 19.9 Å². The average molecular weight is 420 g/mol. The second-order valence-corrected chi connectivity index (χ2v) is 7.05. The molecule has 0 fully saturated rings. The molecule has 9 heteroatoms. The number of ether oxygens (including phenoxy) is 3. The van der Waals surface area contributed by atoms with Crippen LogP contribution in [0.5, 0.6) is 5.88 Å². The van der Waals surface area contributed by atoms with E-state index in [1.807, 2.05) is 13.8 Å². The quantitative estimate of drug-likeness (QED) is 0.620. The van der Waals surface area contributed by atoms with Crippen molar-refractivity contribution in [2.45, 2.75) is 34.1 Å². The van der Waals surface area contributed by atoms with Crippen LogP contribution in [-0.2, 0) is 20.7 Å². The molecule has 2 heterocycles. The summed E-state index contributed by atoms with van der Waals surface area (Å²) in [6, 6.07) is 3.08. The van der Waals surface area contributed by atoms with E-state index in [0.29, 0.717) is 23.6 Å². The minimum absolute atomic E-state index is 0.134. The second-order valence-electron chi connectivity index (χ2n) is 5.83. The Balaban J connectivity index is 2.08. The maximum atomic E-state index is 12.3. The van der Waals surface area contributed by atoms with Crippen LogP contribution in [0.15, 0.2) is 18.3 Å². The van der Waals surface area contributed by atoms with Gasteiger partial charge in [-0.15, -0.1) is 11.3 Å². The first kappa shape index (κ1) is 22.4. The number of rotatable bonds is 9. The average Bonchev–Trinajstić information content (AvgIpc) is 3.01. The molecule has 0 aliphatic rings. The third kappa shape index (κ3) is 5.54. The van der Waals surface area contributed by atoms with Crippen LogP contribution >= 0.6 is 11.3 Å². The SMILES string of the molecule is CCOC(=O)c1c(NC(=O)COC(=O)c2cccnc2OCC)sc(C)c1CC. The van der Waals surface area contributed by atoms with Crippen molar-refractivity contribution in [2.75, 3.05) is 25.1 Å². The number of carbonyl (C=O) groups excluding carboxylic acids is 3. The van der Waals surface area contributed by atoms with Gasteiger partial charge in [-0.05, 0) is 44.9 Å². The Labute approximate surface area is 173 Å². The normalized spacial score (nSPS) is 10.3. The predicted molar refractivity (Wildman–Crippen MR) is 109 cm³/mol. The third-order valence-electron chi connectivity index (χ3n) is 3.90. The Morgan fingerprint density at radius 1 is 1.10 bits per heavy atom. The summed E-state index contributed by atoms with van der Waals surface area (Å²) in [5.41, 5.74) is 1.31. The van der Waals surface area contributed by atoms with Gasteiger partial charge in [0.05, 0.1) is 18.8 Å². The maximum absolute atomic E-state index is 12.3. The molecule has 0 saturated heterocycles. The molecule has 0 saturated carbocycles. The van der Waals surface area contributed by atoms with Crippen molar-refractivity contribution >= 4 is 34.2 Å². The van der Waals surface area contributed by atoms with Gasteiger partial charge in [0.2, 0.25) is 5.88 Å². The predicted octanol–water partition coefficient (Wildman–Crippen LogP) is 3.38. The Hall–Kier alpha value is -2.94. The van der Waals surface area contributed by atoms with Crippen LogP contribution < -0.4 is 10.1 Å². The summed E-state index contributed by atoms with van der Waals surface area (Å²) in [6.45, 7) is 7.34. The molecule has 0 radical (unpaired) electrons. The number of nitrogens with one attached hydrogen (secondary N) is 1. The van der Waals surface area contributed by atoms with Gasteiger partial charge in [-0.3, -0.25) is 4.79 Å². The van der Waals surface area contributed by atoms with Crippen LogP contribution in [0, 0.1) is 6.92 Å². The molecular formula is C20H24N2O6S. The summed E-state index contributed by atoms with van der Waals surface area (Å²) in [6.07, 6.45) is 2.12. The zero-order valence-corrected chi connectivity index (χ0v) is 17.7. The number of carbonyl (C=O) groups is 3. The summed E-state index contributed by atoms with van der Waals surface area (Å²) in [5.74, 6) is -1.63. The van der Waals surface area contributed by atoms with E-state index in [-0.39, 0.29) is 18.1 Å². The fourth-order valence-electron chi connectivity index (χ4n) is 2.68. The highest BCUT2D eigenvalue weighted by molar-refractivity contribution is 7.16. The van der Waals surface area contributed by atoms with E-state index in [2.05, 4.69) is 10.3 Å². The Bertz CT molecular complexity index is 893. The van der Waals surface area contributed by atoms with Gasteiger partial charge in [0, 0.05) is 11.1 Å². The third-order valence-corrected chi connectivity index (χ3v) is 4.96. The van der Waals surface area contributed by atoms with E-state index in [9.17, 15) is 14.4 Å². The van der Waals surface area contributed by atoms with Crippen molar-refractivity contribution in [2.24, 2.45) is 0 Å². The minimum atomic E-state index is -0.723. The summed E-state index contributed by atoms with van der Waals surface area (Å²) in [5, 5.41) is 3.03. The molecule has 0 unspecified atom stereocenters. The summed E-state index contributed by atoms with van der Waals surface area (Å²) in [7, 11) is 0. The lowest BCUT2D eigenvalue weighted by Crippen LogP contribution is -2.22. The van der Waals surface area contributed by atoms with Crippen molar-refractivity contribution in [1.82, 2.24) is 4.98 Å². The van der Waals surface area contributed by atoms with Crippen molar-refractivity contribution in [1.29, 1.82) is 0 Å². The molecule has 8 nitrogen and oxygen atoms in total. The largest absolute Gasteiger partial charge is 0.477 e. The minimum Gasteiger partial charge on any atom is -0.477 e. The van der Waals surface area contributed by atoms with Gasteiger partial charge < -0.3 is 19.5 Å². The van der Waals surface area contributed by atoms with Crippen LogP contribution in [0.4, 0.5) is 5.00 Å². The number of aromatic nitrogens is 1. The van der Waals surface area contributed by atoms with Crippen LogP contribution in [0.25, 0.3) is 0 Å². The van der Waals surface area contributed by atoms with Crippen molar-refractivity contribution in [3.05, 3.63) is 39.9 Å². The highest BCUT2D eigenvalue weighted by Gasteiger charge is 2.24. The first-order valence-corrected chi connectivity index (χ1v) is 10.1. The number of hydrogen-bond donors (Lipinski definition) is 1. The molecule has 0 aromatic carbocycles. The maximum Gasteiger partial charge on any atom is 0.344 e. The van der Waals surface area contributed by atoms with E-state index >= 15 is 0 Å². The van der Waals surface area contributed by atoms with Gasteiger partial charge in [0.25, 0.3) is 5.91 Å². The number of pyridine rings is 1. The molecule has 29 heavy (non-hydrogen) atoms. The summed E-state index contributed by atoms with van der Waals surface area (Å²) >= 11 is 1.28. The van der Waals surface area contributed by atoms with Gasteiger partial charge in [0.1, 0.15) is 10.6 Å². The molecule has 2 aromatic heterocycles. The lowest BCUT2D eigenvalue weighted by atomic mass is 10.1. The van der Waals surface area contributed by atoms with E-state index in [4.69, 9.17) is 14.2 Å². The molecular weight excluding hydrogens is 396 g/mol. The molecule has 2 rings (SSSR count).